The summed E-state index contributed by atoms with van der Waals surface area (Å²) in [5, 5.41) is 3.32. The van der Waals surface area contributed by atoms with Crippen LogP contribution in [0.4, 0.5) is 0 Å². The minimum absolute atomic E-state index is 0.427. The number of carbonyl (C=O) groups excluding carboxylic acids is 1. The van der Waals surface area contributed by atoms with Crippen LogP contribution in [0.25, 0.3) is 0 Å². The summed E-state index contributed by atoms with van der Waals surface area (Å²) in [5.74, 6) is 0.276. The zero-order valence-electron chi connectivity index (χ0n) is 10.9. The van der Waals surface area contributed by atoms with E-state index in [-0.39, 0.29) is 0 Å². The van der Waals surface area contributed by atoms with Gasteiger partial charge in [-0.25, -0.2) is 0 Å². The highest BCUT2D eigenvalue weighted by molar-refractivity contribution is 5.78. The SMILES string of the molecule is CNC1CCCc2cc(OC(C)C(N)=O)ccc21. The third-order valence-corrected chi connectivity index (χ3v) is 3.49. The molecule has 4 heteroatoms. The first-order chi connectivity index (χ1) is 8.61. The summed E-state index contributed by atoms with van der Waals surface area (Å²) in [6, 6.07) is 6.45. The molecule has 0 fully saturated rings. The predicted molar refractivity (Wildman–Crippen MR) is 70.5 cm³/mol. The third kappa shape index (κ3) is 2.64. The number of ether oxygens (including phenoxy) is 1. The quantitative estimate of drug-likeness (QED) is 0.849. The van der Waals surface area contributed by atoms with Gasteiger partial charge in [-0.15, -0.1) is 0 Å². The topological polar surface area (TPSA) is 64.3 Å². The second kappa shape index (κ2) is 5.40. The largest absolute Gasteiger partial charge is 0.481 e. The highest BCUT2D eigenvalue weighted by Gasteiger charge is 2.19. The smallest absolute Gasteiger partial charge is 0.258 e. The number of nitrogens with one attached hydrogen (secondary N) is 1. The van der Waals surface area contributed by atoms with Gasteiger partial charge in [-0.05, 0) is 56.5 Å². The second-order valence-corrected chi connectivity index (χ2v) is 4.76. The fourth-order valence-electron chi connectivity index (χ4n) is 2.43. The summed E-state index contributed by atoms with van der Waals surface area (Å²) in [4.78, 5) is 11.0. The summed E-state index contributed by atoms with van der Waals surface area (Å²) < 4.78 is 5.52. The van der Waals surface area contributed by atoms with Crippen LogP contribution in [0.2, 0.25) is 0 Å². The first kappa shape index (κ1) is 12.9. The molecule has 1 aromatic rings. The van der Waals surface area contributed by atoms with E-state index in [9.17, 15) is 4.79 Å². The van der Waals surface area contributed by atoms with Gasteiger partial charge >= 0.3 is 0 Å². The highest BCUT2D eigenvalue weighted by atomic mass is 16.5. The molecule has 0 heterocycles. The van der Waals surface area contributed by atoms with Crippen molar-refractivity contribution in [1.29, 1.82) is 0 Å². The van der Waals surface area contributed by atoms with Crippen LogP contribution in [-0.4, -0.2) is 19.1 Å². The molecule has 0 aromatic heterocycles. The molecular weight excluding hydrogens is 228 g/mol. The van der Waals surface area contributed by atoms with Crippen LogP contribution in [0.5, 0.6) is 5.75 Å². The number of fused-ring (bicyclic) bond motifs is 1. The van der Waals surface area contributed by atoms with Gasteiger partial charge in [0.15, 0.2) is 6.10 Å². The van der Waals surface area contributed by atoms with E-state index >= 15 is 0 Å². The molecule has 0 bridgehead atoms. The molecular formula is C14H20N2O2. The van der Waals surface area contributed by atoms with Gasteiger partial charge in [0.05, 0.1) is 0 Å². The molecule has 0 saturated heterocycles. The predicted octanol–water partition coefficient (Wildman–Crippen LogP) is 1.54. The molecule has 4 nitrogen and oxygen atoms in total. The van der Waals surface area contributed by atoms with E-state index in [4.69, 9.17) is 10.5 Å². The standard InChI is InChI=1S/C14H20N2O2/c1-9(14(15)17)18-11-6-7-12-10(8-11)4-3-5-13(12)16-2/h6-9,13,16H,3-5H2,1-2H3,(H2,15,17). The van der Waals surface area contributed by atoms with Crippen LogP contribution in [0.3, 0.4) is 0 Å². The molecule has 98 valence electrons. The van der Waals surface area contributed by atoms with Gasteiger partial charge in [-0.2, -0.15) is 0 Å². The molecule has 0 radical (unpaired) electrons. The Morgan fingerprint density at radius 1 is 1.56 bits per heavy atom. The van der Waals surface area contributed by atoms with Crippen molar-refractivity contribution in [1.82, 2.24) is 5.32 Å². The maximum absolute atomic E-state index is 11.0. The van der Waals surface area contributed by atoms with Crippen molar-refractivity contribution in [3.05, 3.63) is 29.3 Å². The average Bonchev–Trinajstić information content (AvgIpc) is 2.37. The lowest BCUT2D eigenvalue weighted by Gasteiger charge is -2.25. The fraction of sp³-hybridized carbons (Fsp3) is 0.500. The highest BCUT2D eigenvalue weighted by Crippen LogP contribution is 2.32. The number of benzene rings is 1. The van der Waals surface area contributed by atoms with E-state index < -0.39 is 12.0 Å². The summed E-state index contributed by atoms with van der Waals surface area (Å²) in [6.07, 6.45) is 2.82. The molecule has 0 saturated carbocycles. The fourth-order valence-corrected chi connectivity index (χ4v) is 2.43. The van der Waals surface area contributed by atoms with Crippen molar-refractivity contribution in [2.45, 2.75) is 38.3 Å². The molecule has 1 aliphatic rings. The molecule has 2 atom stereocenters. The number of hydrogen-bond donors (Lipinski definition) is 2. The monoisotopic (exact) mass is 248 g/mol. The Morgan fingerprint density at radius 3 is 3.00 bits per heavy atom. The van der Waals surface area contributed by atoms with E-state index in [2.05, 4.69) is 11.4 Å². The van der Waals surface area contributed by atoms with Gasteiger partial charge in [0.2, 0.25) is 0 Å². The average molecular weight is 248 g/mol. The normalized spacial score (nSPS) is 20.0. The first-order valence-electron chi connectivity index (χ1n) is 6.38. The van der Waals surface area contributed by atoms with Crippen LogP contribution in [0.15, 0.2) is 18.2 Å². The van der Waals surface area contributed by atoms with Gasteiger partial charge in [0.25, 0.3) is 5.91 Å². The number of nitrogens with two attached hydrogens (primary N) is 1. The van der Waals surface area contributed by atoms with E-state index in [0.29, 0.717) is 6.04 Å². The minimum atomic E-state index is -0.591. The van der Waals surface area contributed by atoms with Crippen molar-refractivity contribution >= 4 is 5.91 Å². The third-order valence-electron chi connectivity index (χ3n) is 3.49. The van der Waals surface area contributed by atoms with Gasteiger partial charge < -0.3 is 15.8 Å². The zero-order chi connectivity index (χ0) is 13.1. The number of carbonyl (C=O) groups is 1. The van der Waals surface area contributed by atoms with Crippen LogP contribution >= 0.6 is 0 Å². The maximum atomic E-state index is 11.0. The van der Waals surface area contributed by atoms with Crippen molar-refractivity contribution in [3.63, 3.8) is 0 Å². The van der Waals surface area contributed by atoms with Crippen LogP contribution in [-0.2, 0) is 11.2 Å². The van der Waals surface area contributed by atoms with E-state index in [1.54, 1.807) is 6.92 Å². The summed E-state index contributed by atoms with van der Waals surface area (Å²) in [5.41, 5.74) is 7.83. The molecule has 3 N–H and O–H groups in total. The van der Waals surface area contributed by atoms with Crippen LogP contribution < -0.4 is 15.8 Å². The van der Waals surface area contributed by atoms with E-state index in [1.165, 1.54) is 24.0 Å². The second-order valence-electron chi connectivity index (χ2n) is 4.76. The lowest BCUT2D eigenvalue weighted by atomic mass is 9.87. The number of amides is 1. The minimum Gasteiger partial charge on any atom is -0.481 e. The first-order valence-corrected chi connectivity index (χ1v) is 6.38. The van der Waals surface area contributed by atoms with Gasteiger partial charge in [-0.3, -0.25) is 4.79 Å². The van der Waals surface area contributed by atoms with Gasteiger partial charge in [0, 0.05) is 6.04 Å². The van der Waals surface area contributed by atoms with Crippen molar-refractivity contribution in [2.24, 2.45) is 5.73 Å². The van der Waals surface area contributed by atoms with E-state index in [1.807, 2.05) is 19.2 Å². The summed E-state index contributed by atoms with van der Waals surface area (Å²) in [7, 11) is 1.99. The number of rotatable bonds is 4. The van der Waals surface area contributed by atoms with Crippen molar-refractivity contribution in [3.8, 4) is 5.75 Å². The summed E-state index contributed by atoms with van der Waals surface area (Å²) >= 11 is 0. The van der Waals surface area contributed by atoms with Crippen molar-refractivity contribution < 1.29 is 9.53 Å². The Kier molecular flexibility index (Phi) is 3.87. The van der Waals surface area contributed by atoms with Gasteiger partial charge in [0.1, 0.15) is 5.75 Å². The molecule has 2 rings (SSSR count). The molecule has 1 aliphatic carbocycles. The van der Waals surface area contributed by atoms with Crippen molar-refractivity contribution in [2.75, 3.05) is 7.05 Å². The lowest BCUT2D eigenvalue weighted by molar-refractivity contribution is -0.123. The Hall–Kier alpha value is -1.55. The molecule has 18 heavy (non-hydrogen) atoms. The van der Waals surface area contributed by atoms with Crippen LogP contribution in [0.1, 0.15) is 36.9 Å². The Morgan fingerprint density at radius 2 is 2.33 bits per heavy atom. The zero-order valence-corrected chi connectivity index (χ0v) is 10.9. The summed E-state index contributed by atoms with van der Waals surface area (Å²) in [6.45, 7) is 1.66. The number of hydrogen-bond acceptors (Lipinski definition) is 3. The van der Waals surface area contributed by atoms with Gasteiger partial charge in [-0.1, -0.05) is 6.07 Å². The van der Waals surface area contributed by atoms with E-state index in [0.717, 1.165) is 12.2 Å². The lowest BCUT2D eigenvalue weighted by Crippen LogP contribution is -2.30. The molecule has 0 spiro atoms. The van der Waals surface area contributed by atoms with Crippen LogP contribution in [0, 0.1) is 0 Å². The maximum Gasteiger partial charge on any atom is 0.258 e. The Bertz CT molecular complexity index is 445. The number of aryl methyl sites for hydroxylation is 1. The molecule has 1 amide bonds. The number of primary amides is 1. The molecule has 1 aromatic carbocycles. The molecule has 0 aliphatic heterocycles. The Balaban J connectivity index is 2.19. The Labute approximate surface area is 108 Å². The molecule has 2 unspecified atom stereocenters.